The minimum atomic E-state index is -0.0858. The van der Waals surface area contributed by atoms with Gasteiger partial charge >= 0.3 is 0 Å². The first kappa shape index (κ1) is 13.6. The van der Waals surface area contributed by atoms with E-state index in [1.165, 1.54) is 0 Å². The maximum atomic E-state index is 12.7. The summed E-state index contributed by atoms with van der Waals surface area (Å²) >= 11 is 0. The fraction of sp³-hybridized carbons (Fsp3) is 0.733. The largest absolute Gasteiger partial charge is 0.334 e. The van der Waals surface area contributed by atoms with Crippen LogP contribution in [-0.4, -0.2) is 46.3 Å². The molecule has 1 saturated heterocycles. The lowest BCUT2D eigenvalue weighted by molar-refractivity contribution is 0.0410. The van der Waals surface area contributed by atoms with Gasteiger partial charge in [0.15, 0.2) is 5.69 Å². The number of piperidine rings is 1. The van der Waals surface area contributed by atoms with Crippen LogP contribution >= 0.6 is 0 Å². The Balaban J connectivity index is 2.01. The van der Waals surface area contributed by atoms with Gasteiger partial charge in [-0.15, -0.1) is 0 Å². The molecule has 3 heterocycles. The number of amides is 1. The summed E-state index contributed by atoms with van der Waals surface area (Å²) in [6, 6.07) is 0. The zero-order valence-electron chi connectivity index (χ0n) is 12.9. The van der Waals surface area contributed by atoms with Crippen molar-refractivity contribution in [2.75, 3.05) is 20.1 Å². The van der Waals surface area contributed by atoms with Crippen LogP contribution in [0.4, 0.5) is 0 Å². The third-order valence-corrected chi connectivity index (χ3v) is 4.75. The number of aromatic nitrogens is 2. The molecule has 0 radical (unpaired) electrons. The summed E-state index contributed by atoms with van der Waals surface area (Å²) < 4.78 is 1.93. The van der Waals surface area contributed by atoms with Gasteiger partial charge < -0.3 is 10.2 Å². The van der Waals surface area contributed by atoms with Crippen LogP contribution in [0.3, 0.4) is 0 Å². The number of rotatable bonds is 0. The molecule has 0 aliphatic carbocycles. The quantitative estimate of drug-likeness (QED) is 0.779. The third kappa shape index (κ3) is 1.95. The number of carbonyl (C=O) groups is 1. The lowest BCUT2D eigenvalue weighted by Gasteiger charge is -2.47. The standard InChI is InChI=1S/C15H24N4O/c1-14(2,3)19-10-11-9-15(5-7-16-8-6-15)18(4)13(20)12(11)17-19/h10,16H,5-9H2,1-4H3. The summed E-state index contributed by atoms with van der Waals surface area (Å²) in [5.74, 6) is 0.0798. The summed E-state index contributed by atoms with van der Waals surface area (Å²) in [6.07, 6.45) is 5.05. The van der Waals surface area contributed by atoms with Crippen molar-refractivity contribution in [1.29, 1.82) is 0 Å². The molecule has 0 atom stereocenters. The molecule has 0 saturated carbocycles. The lowest BCUT2D eigenvalue weighted by Crippen LogP contribution is -2.58. The summed E-state index contributed by atoms with van der Waals surface area (Å²) in [7, 11) is 1.94. The van der Waals surface area contributed by atoms with Gasteiger partial charge in [0.05, 0.1) is 5.54 Å². The summed E-state index contributed by atoms with van der Waals surface area (Å²) in [6.45, 7) is 8.31. The molecule has 0 bridgehead atoms. The highest BCUT2D eigenvalue weighted by Gasteiger charge is 2.45. The SMILES string of the molecule is CN1C(=O)c2nn(C(C)(C)C)cc2CC12CCNCC2. The predicted molar refractivity (Wildman–Crippen MR) is 77.9 cm³/mol. The highest BCUT2D eigenvalue weighted by atomic mass is 16.2. The Kier molecular flexibility index (Phi) is 2.94. The van der Waals surface area contributed by atoms with Crippen molar-refractivity contribution in [3.05, 3.63) is 17.5 Å². The maximum Gasteiger partial charge on any atom is 0.274 e. The molecule has 1 N–H and O–H groups in total. The first-order chi connectivity index (χ1) is 9.33. The molecule has 2 aliphatic heterocycles. The Hall–Kier alpha value is -1.36. The highest BCUT2D eigenvalue weighted by molar-refractivity contribution is 5.95. The fourth-order valence-corrected chi connectivity index (χ4v) is 3.31. The van der Waals surface area contributed by atoms with Crippen LogP contribution in [0, 0.1) is 0 Å². The lowest BCUT2D eigenvalue weighted by atomic mass is 9.78. The van der Waals surface area contributed by atoms with E-state index in [0.717, 1.165) is 37.9 Å². The van der Waals surface area contributed by atoms with Gasteiger partial charge in [0.2, 0.25) is 0 Å². The number of carbonyl (C=O) groups excluding carboxylic acids is 1. The van der Waals surface area contributed by atoms with Crippen molar-refractivity contribution in [3.8, 4) is 0 Å². The topological polar surface area (TPSA) is 50.2 Å². The zero-order chi connectivity index (χ0) is 14.5. The normalized spacial score (nSPS) is 22.2. The van der Waals surface area contributed by atoms with E-state index in [2.05, 4.69) is 37.4 Å². The van der Waals surface area contributed by atoms with Crippen LogP contribution in [0.2, 0.25) is 0 Å². The number of hydrogen-bond donors (Lipinski definition) is 1. The second-order valence-corrected chi connectivity index (χ2v) is 7.13. The van der Waals surface area contributed by atoms with Crippen molar-refractivity contribution in [1.82, 2.24) is 20.0 Å². The Morgan fingerprint density at radius 1 is 1.30 bits per heavy atom. The van der Waals surface area contributed by atoms with Gasteiger partial charge in [0, 0.05) is 24.3 Å². The van der Waals surface area contributed by atoms with Crippen LogP contribution in [0.25, 0.3) is 0 Å². The molecule has 1 aromatic rings. The van der Waals surface area contributed by atoms with Crippen LogP contribution in [0.15, 0.2) is 6.20 Å². The summed E-state index contributed by atoms with van der Waals surface area (Å²) in [4.78, 5) is 14.6. The summed E-state index contributed by atoms with van der Waals surface area (Å²) in [5.41, 5.74) is 1.66. The van der Waals surface area contributed by atoms with E-state index in [4.69, 9.17) is 0 Å². The molecule has 0 aromatic carbocycles. The molecular weight excluding hydrogens is 252 g/mol. The zero-order valence-corrected chi connectivity index (χ0v) is 12.9. The van der Waals surface area contributed by atoms with Crippen LogP contribution in [-0.2, 0) is 12.0 Å². The molecular formula is C15H24N4O. The predicted octanol–water partition coefficient (Wildman–Crippen LogP) is 1.39. The Morgan fingerprint density at radius 3 is 2.55 bits per heavy atom. The van der Waals surface area contributed by atoms with Crippen molar-refractivity contribution in [2.45, 2.75) is 51.1 Å². The van der Waals surface area contributed by atoms with Crippen LogP contribution in [0.1, 0.15) is 49.7 Å². The van der Waals surface area contributed by atoms with E-state index in [1.807, 2.05) is 16.6 Å². The summed E-state index contributed by atoms with van der Waals surface area (Å²) in [5, 5.41) is 7.93. The average Bonchev–Trinajstić information content (AvgIpc) is 2.81. The first-order valence-corrected chi connectivity index (χ1v) is 7.41. The molecule has 1 spiro atoms. The number of fused-ring (bicyclic) bond motifs is 1. The molecule has 1 amide bonds. The molecule has 0 unspecified atom stereocenters. The van der Waals surface area contributed by atoms with E-state index >= 15 is 0 Å². The van der Waals surface area contributed by atoms with Gasteiger partial charge in [-0.1, -0.05) is 0 Å². The van der Waals surface area contributed by atoms with Gasteiger partial charge in [-0.3, -0.25) is 9.48 Å². The van der Waals surface area contributed by atoms with E-state index in [-0.39, 0.29) is 17.0 Å². The molecule has 2 aliphatic rings. The first-order valence-electron chi connectivity index (χ1n) is 7.41. The second kappa shape index (κ2) is 4.32. The Bertz CT molecular complexity index is 535. The molecule has 20 heavy (non-hydrogen) atoms. The van der Waals surface area contributed by atoms with Gasteiger partial charge in [-0.25, -0.2) is 0 Å². The van der Waals surface area contributed by atoms with E-state index in [9.17, 15) is 4.79 Å². The Morgan fingerprint density at radius 2 is 1.95 bits per heavy atom. The van der Waals surface area contributed by atoms with Crippen LogP contribution in [0.5, 0.6) is 0 Å². The van der Waals surface area contributed by atoms with E-state index in [1.54, 1.807) is 0 Å². The number of hydrogen-bond acceptors (Lipinski definition) is 3. The minimum Gasteiger partial charge on any atom is -0.334 e. The van der Waals surface area contributed by atoms with Crippen molar-refractivity contribution < 1.29 is 4.79 Å². The maximum absolute atomic E-state index is 12.7. The fourth-order valence-electron chi connectivity index (χ4n) is 3.31. The van der Waals surface area contributed by atoms with Gasteiger partial charge in [0.25, 0.3) is 5.91 Å². The van der Waals surface area contributed by atoms with Crippen molar-refractivity contribution in [2.24, 2.45) is 0 Å². The van der Waals surface area contributed by atoms with Crippen LogP contribution < -0.4 is 5.32 Å². The number of likely N-dealkylation sites (N-methyl/N-ethyl adjacent to an activating group) is 1. The van der Waals surface area contributed by atoms with Crippen molar-refractivity contribution >= 4 is 5.91 Å². The van der Waals surface area contributed by atoms with Gasteiger partial charge in [-0.2, -0.15) is 5.10 Å². The molecule has 1 aromatic heterocycles. The smallest absolute Gasteiger partial charge is 0.274 e. The third-order valence-electron chi connectivity index (χ3n) is 4.75. The Labute approximate surface area is 120 Å². The second-order valence-electron chi connectivity index (χ2n) is 7.13. The molecule has 1 fully saturated rings. The highest BCUT2D eigenvalue weighted by Crippen LogP contribution is 2.36. The van der Waals surface area contributed by atoms with Gasteiger partial charge in [0.1, 0.15) is 0 Å². The molecule has 3 rings (SSSR count). The van der Waals surface area contributed by atoms with Crippen molar-refractivity contribution in [3.63, 3.8) is 0 Å². The number of nitrogens with zero attached hydrogens (tertiary/aromatic N) is 3. The number of nitrogens with one attached hydrogen (secondary N) is 1. The average molecular weight is 276 g/mol. The van der Waals surface area contributed by atoms with E-state index in [0.29, 0.717) is 5.69 Å². The molecule has 110 valence electrons. The monoisotopic (exact) mass is 276 g/mol. The van der Waals surface area contributed by atoms with E-state index < -0.39 is 0 Å². The molecule has 5 heteroatoms. The minimum absolute atomic E-state index is 0.0128. The molecule has 5 nitrogen and oxygen atoms in total. The van der Waals surface area contributed by atoms with Gasteiger partial charge in [-0.05, 0) is 53.1 Å².